The standard InChI is InChI=1S/C13H20O/c1-8-4-10-9-6-12(2,11(10)5-8)13(3,14)7-9/h5,9-11,14H,4,6-7H2,1-3H3. The summed E-state index contributed by atoms with van der Waals surface area (Å²) in [5.74, 6) is 2.31. The maximum absolute atomic E-state index is 10.4. The molecule has 2 saturated carbocycles. The molecule has 3 aliphatic rings. The molecule has 3 aliphatic carbocycles. The third kappa shape index (κ3) is 0.809. The van der Waals surface area contributed by atoms with Gasteiger partial charge in [-0.1, -0.05) is 18.6 Å². The van der Waals surface area contributed by atoms with Gasteiger partial charge in [0.25, 0.3) is 0 Å². The molecule has 0 aromatic rings. The molecule has 0 aromatic carbocycles. The van der Waals surface area contributed by atoms with Crippen LogP contribution in [0.5, 0.6) is 0 Å². The average molecular weight is 192 g/mol. The highest BCUT2D eigenvalue weighted by Gasteiger charge is 2.65. The van der Waals surface area contributed by atoms with Crippen molar-refractivity contribution >= 4 is 0 Å². The molecule has 1 heteroatoms. The second kappa shape index (κ2) is 2.27. The number of hydrogen-bond donors (Lipinski definition) is 1. The predicted molar refractivity (Wildman–Crippen MR) is 56.8 cm³/mol. The van der Waals surface area contributed by atoms with Crippen LogP contribution in [-0.4, -0.2) is 10.7 Å². The summed E-state index contributed by atoms with van der Waals surface area (Å²) < 4.78 is 0. The zero-order valence-corrected chi connectivity index (χ0v) is 9.38. The van der Waals surface area contributed by atoms with Crippen molar-refractivity contribution in [2.75, 3.05) is 0 Å². The van der Waals surface area contributed by atoms with Gasteiger partial charge in [-0.25, -0.2) is 0 Å². The number of rotatable bonds is 0. The molecule has 5 atom stereocenters. The largest absolute Gasteiger partial charge is 0.390 e. The average Bonchev–Trinajstić information content (AvgIpc) is 2.58. The monoisotopic (exact) mass is 192 g/mol. The van der Waals surface area contributed by atoms with Crippen molar-refractivity contribution in [2.45, 2.75) is 45.6 Å². The van der Waals surface area contributed by atoms with Crippen LogP contribution in [0.15, 0.2) is 11.6 Å². The normalized spacial score (nSPS) is 60.3. The van der Waals surface area contributed by atoms with E-state index in [1.165, 1.54) is 12.8 Å². The summed E-state index contributed by atoms with van der Waals surface area (Å²) >= 11 is 0. The third-order valence-corrected chi connectivity index (χ3v) is 5.40. The van der Waals surface area contributed by atoms with Gasteiger partial charge in [0.15, 0.2) is 0 Å². The van der Waals surface area contributed by atoms with Gasteiger partial charge in [0.1, 0.15) is 0 Å². The summed E-state index contributed by atoms with van der Waals surface area (Å²) in [5.41, 5.74) is 1.30. The van der Waals surface area contributed by atoms with Crippen LogP contribution in [0.3, 0.4) is 0 Å². The molecule has 14 heavy (non-hydrogen) atoms. The lowest BCUT2D eigenvalue weighted by molar-refractivity contribution is -0.0775. The third-order valence-electron chi connectivity index (χ3n) is 5.40. The first-order valence-corrected chi connectivity index (χ1v) is 5.84. The first-order chi connectivity index (χ1) is 6.44. The van der Waals surface area contributed by atoms with E-state index < -0.39 is 5.60 Å². The van der Waals surface area contributed by atoms with Crippen LogP contribution >= 0.6 is 0 Å². The van der Waals surface area contributed by atoms with Gasteiger partial charge >= 0.3 is 0 Å². The first-order valence-electron chi connectivity index (χ1n) is 5.84. The minimum absolute atomic E-state index is 0.167. The second-order valence-corrected chi connectivity index (χ2v) is 6.27. The SMILES string of the molecule is CC1=CC2C(C1)C1CC(C)(O)C2(C)C1. The molecule has 78 valence electrons. The van der Waals surface area contributed by atoms with Gasteiger partial charge in [-0.2, -0.15) is 0 Å². The molecule has 0 radical (unpaired) electrons. The van der Waals surface area contributed by atoms with E-state index in [0.29, 0.717) is 5.92 Å². The van der Waals surface area contributed by atoms with Crippen LogP contribution in [0.4, 0.5) is 0 Å². The van der Waals surface area contributed by atoms with Crippen LogP contribution in [0, 0.1) is 23.2 Å². The Labute approximate surface area is 86.2 Å². The number of fused-ring (bicyclic) bond motifs is 5. The van der Waals surface area contributed by atoms with Crippen LogP contribution < -0.4 is 0 Å². The lowest BCUT2D eigenvalue weighted by Gasteiger charge is -2.44. The highest BCUT2D eigenvalue weighted by atomic mass is 16.3. The molecule has 0 spiro atoms. The summed E-state index contributed by atoms with van der Waals surface area (Å²) in [5, 5.41) is 10.4. The minimum Gasteiger partial charge on any atom is -0.390 e. The van der Waals surface area contributed by atoms with E-state index in [1.807, 2.05) is 6.92 Å². The lowest BCUT2D eigenvalue weighted by atomic mass is 9.65. The van der Waals surface area contributed by atoms with Crippen molar-refractivity contribution < 1.29 is 5.11 Å². The zero-order chi connectivity index (χ0) is 10.1. The quantitative estimate of drug-likeness (QED) is 0.585. The summed E-state index contributed by atoms with van der Waals surface area (Å²) in [6.07, 6.45) is 6.02. The van der Waals surface area contributed by atoms with Crippen molar-refractivity contribution in [1.82, 2.24) is 0 Å². The molecule has 0 amide bonds. The molecule has 5 unspecified atom stereocenters. The van der Waals surface area contributed by atoms with Crippen LogP contribution in [-0.2, 0) is 0 Å². The Hall–Kier alpha value is -0.300. The second-order valence-electron chi connectivity index (χ2n) is 6.27. The van der Waals surface area contributed by atoms with E-state index in [0.717, 1.165) is 18.3 Å². The lowest BCUT2D eigenvalue weighted by Crippen LogP contribution is -2.46. The number of hydrogen-bond acceptors (Lipinski definition) is 1. The number of aliphatic hydroxyl groups is 1. The fourth-order valence-electron chi connectivity index (χ4n) is 4.49. The van der Waals surface area contributed by atoms with Gasteiger partial charge in [-0.15, -0.1) is 0 Å². The molecule has 0 aliphatic heterocycles. The van der Waals surface area contributed by atoms with Crippen molar-refractivity contribution in [1.29, 1.82) is 0 Å². The fourth-order valence-corrected chi connectivity index (χ4v) is 4.49. The molecule has 2 bridgehead atoms. The van der Waals surface area contributed by atoms with Crippen LogP contribution in [0.25, 0.3) is 0 Å². The van der Waals surface area contributed by atoms with Gasteiger partial charge < -0.3 is 5.11 Å². The molecule has 0 heterocycles. The zero-order valence-electron chi connectivity index (χ0n) is 9.38. The molecular formula is C13H20O. The number of allylic oxidation sites excluding steroid dienone is 2. The molecule has 0 aromatic heterocycles. The summed E-state index contributed by atoms with van der Waals surface area (Å²) in [6, 6.07) is 0. The highest BCUT2D eigenvalue weighted by Crippen LogP contribution is 2.68. The molecule has 1 N–H and O–H groups in total. The van der Waals surface area contributed by atoms with E-state index in [4.69, 9.17) is 0 Å². The van der Waals surface area contributed by atoms with Gasteiger partial charge in [0, 0.05) is 5.41 Å². The van der Waals surface area contributed by atoms with E-state index >= 15 is 0 Å². The maximum Gasteiger partial charge on any atom is 0.0681 e. The van der Waals surface area contributed by atoms with E-state index in [-0.39, 0.29) is 5.41 Å². The molecule has 0 saturated heterocycles. The Kier molecular flexibility index (Phi) is 1.45. The van der Waals surface area contributed by atoms with Gasteiger partial charge in [0.2, 0.25) is 0 Å². The Morgan fingerprint density at radius 2 is 2.07 bits per heavy atom. The van der Waals surface area contributed by atoms with E-state index in [1.54, 1.807) is 5.57 Å². The maximum atomic E-state index is 10.4. The van der Waals surface area contributed by atoms with Crippen LogP contribution in [0.1, 0.15) is 40.0 Å². The van der Waals surface area contributed by atoms with Crippen LogP contribution in [0.2, 0.25) is 0 Å². The summed E-state index contributed by atoms with van der Waals surface area (Å²) in [6.45, 7) is 6.59. The Bertz CT molecular complexity index is 315. The fraction of sp³-hybridized carbons (Fsp3) is 0.846. The van der Waals surface area contributed by atoms with Gasteiger partial charge in [-0.05, 0) is 50.9 Å². The van der Waals surface area contributed by atoms with E-state index in [2.05, 4.69) is 19.9 Å². The van der Waals surface area contributed by atoms with Crippen molar-refractivity contribution in [3.63, 3.8) is 0 Å². The Balaban J connectivity index is 2.05. The van der Waals surface area contributed by atoms with Crippen molar-refractivity contribution in [3.8, 4) is 0 Å². The molecule has 2 fully saturated rings. The Morgan fingerprint density at radius 3 is 2.79 bits per heavy atom. The van der Waals surface area contributed by atoms with Crippen molar-refractivity contribution in [3.05, 3.63) is 11.6 Å². The molecule has 1 nitrogen and oxygen atoms in total. The highest BCUT2D eigenvalue weighted by molar-refractivity contribution is 5.26. The van der Waals surface area contributed by atoms with Gasteiger partial charge in [0.05, 0.1) is 5.60 Å². The molecule has 3 rings (SSSR count). The first kappa shape index (κ1) is 8.96. The summed E-state index contributed by atoms with van der Waals surface area (Å²) in [4.78, 5) is 0. The smallest absolute Gasteiger partial charge is 0.0681 e. The summed E-state index contributed by atoms with van der Waals surface area (Å²) in [7, 11) is 0. The van der Waals surface area contributed by atoms with Gasteiger partial charge in [-0.3, -0.25) is 0 Å². The van der Waals surface area contributed by atoms with Crippen molar-refractivity contribution in [2.24, 2.45) is 23.2 Å². The molecular weight excluding hydrogens is 172 g/mol. The predicted octanol–water partition coefficient (Wildman–Crippen LogP) is 2.75. The topological polar surface area (TPSA) is 20.2 Å². The minimum atomic E-state index is -0.417. The Morgan fingerprint density at radius 1 is 1.36 bits per heavy atom. The van der Waals surface area contributed by atoms with E-state index in [9.17, 15) is 5.11 Å².